The van der Waals surface area contributed by atoms with Gasteiger partial charge in [-0.05, 0) is 42.5 Å². The molecule has 0 amide bonds. The predicted molar refractivity (Wildman–Crippen MR) is 98.0 cm³/mol. The van der Waals surface area contributed by atoms with Gasteiger partial charge in [0.25, 0.3) is 10.1 Å². The number of halogens is 3. The van der Waals surface area contributed by atoms with Gasteiger partial charge in [0.2, 0.25) is 5.60 Å². The summed E-state index contributed by atoms with van der Waals surface area (Å²) in [6, 6.07) is 11.1. The first-order chi connectivity index (χ1) is 12.2. The monoisotopic (exact) mass is 400 g/mol. The molecule has 148 valence electrons. The first kappa shape index (κ1) is 21.4. The Morgan fingerprint density at radius 2 is 1.22 bits per heavy atom. The molecule has 1 unspecified atom stereocenters. The van der Waals surface area contributed by atoms with Crippen molar-refractivity contribution in [2.75, 3.05) is 0 Å². The molecule has 2 aromatic rings. The summed E-state index contributed by atoms with van der Waals surface area (Å²) in [4.78, 5) is -0.324. The maximum atomic E-state index is 13.8. The van der Waals surface area contributed by atoms with Crippen LogP contribution in [0.1, 0.15) is 44.4 Å². The number of rotatable bonds is 4. The third kappa shape index (κ3) is 4.52. The van der Waals surface area contributed by atoms with E-state index < -0.39 is 21.9 Å². The summed E-state index contributed by atoms with van der Waals surface area (Å²) >= 11 is 0. The van der Waals surface area contributed by atoms with Crippen molar-refractivity contribution < 1.29 is 25.8 Å². The van der Waals surface area contributed by atoms with Gasteiger partial charge in [-0.25, -0.2) is 4.18 Å². The molecule has 2 rings (SSSR count). The van der Waals surface area contributed by atoms with Gasteiger partial charge in [-0.2, -0.15) is 21.6 Å². The standard InChI is InChI=1S/C20H23F3O3S/c1-14-6-12-17(13-7-14)27(24,25)26-19(5,20(21,22)23)16-10-8-15(9-11-16)18(2,3)4/h6-13H,1-5H3. The zero-order valence-electron chi connectivity index (χ0n) is 15.9. The maximum Gasteiger partial charge on any atom is 0.422 e. The van der Waals surface area contributed by atoms with E-state index in [1.165, 1.54) is 36.4 Å². The second-order valence-electron chi connectivity index (χ2n) is 7.71. The molecule has 0 saturated carbocycles. The lowest BCUT2D eigenvalue weighted by Gasteiger charge is -2.32. The fourth-order valence-electron chi connectivity index (χ4n) is 2.52. The highest BCUT2D eigenvalue weighted by Gasteiger charge is 2.56. The first-order valence-electron chi connectivity index (χ1n) is 8.37. The summed E-state index contributed by atoms with van der Waals surface area (Å²) in [7, 11) is -4.62. The number of benzene rings is 2. The summed E-state index contributed by atoms with van der Waals surface area (Å²) in [5.41, 5.74) is -1.92. The van der Waals surface area contributed by atoms with Gasteiger partial charge in [-0.15, -0.1) is 0 Å². The Morgan fingerprint density at radius 3 is 1.63 bits per heavy atom. The Balaban J connectivity index is 2.50. The molecule has 0 radical (unpaired) electrons. The quantitative estimate of drug-likeness (QED) is 0.639. The third-order valence-electron chi connectivity index (χ3n) is 4.43. The van der Waals surface area contributed by atoms with Crippen molar-refractivity contribution in [1.29, 1.82) is 0 Å². The molecule has 0 aliphatic rings. The zero-order chi connectivity index (χ0) is 20.7. The van der Waals surface area contributed by atoms with Crippen LogP contribution >= 0.6 is 0 Å². The van der Waals surface area contributed by atoms with Crippen molar-refractivity contribution >= 4 is 10.1 Å². The SMILES string of the molecule is Cc1ccc(S(=O)(=O)OC(C)(c2ccc(C(C)(C)C)cc2)C(F)(F)F)cc1. The molecule has 0 heterocycles. The predicted octanol–water partition coefficient (Wildman–Crippen LogP) is 5.48. The van der Waals surface area contributed by atoms with Gasteiger partial charge in [0.1, 0.15) is 0 Å². The summed E-state index contributed by atoms with van der Waals surface area (Å²) in [5.74, 6) is 0. The minimum Gasteiger partial charge on any atom is -0.245 e. The molecule has 0 bridgehead atoms. The average Bonchev–Trinajstić information content (AvgIpc) is 2.53. The van der Waals surface area contributed by atoms with Crippen molar-refractivity contribution in [2.24, 2.45) is 0 Å². The minimum atomic E-state index is -4.94. The fourth-order valence-corrected chi connectivity index (χ4v) is 3.71. The Labute approximate surface area is 158 Å². The molecule has 0 saturated heterocycles. The Bertz CT molecular complexity index is 893. The van der Waals surface area contributed by atoms with Crippen LogP contribution in [-0.4, -0.2) is 14.6 Å². The second kappa shape index (κ2) is 6.95. The molecule has 1 atom stereocenters. The molecule has 0 aliphatic carbocycles. The molecular formula is C20H23F3O3S. The fraction of sp³-hybridized carbons (Fsp3) is 0.400. The van der Waals surface area contributed by atoms with E-state index in [9.17, 15) is 21.6 Å². The highest BCUT2D eigenvalue weighted by Crippen LogP contribution is 2.44. The van der Waals surface area contributed by atoms with Crippen molar-refractivity contribution in [2.45, 2.75) is 56.7 Å². The zero-order valence-corrected chi connectivity index (χ0v) is 16.7. The largest absolute Gasteiger partial charge is 0.422 e. The van der Waals surface area contributed by atoms with E-state index in [0.717, 1.165) is 18.1 Å². The molecule has 0 aromatic heterocycles. The number of hydrogen-bond acceptors (Lipinski definition) is 3. The molecular weight excluding hydrogens is 377 g/mol. The number of alkyl halides is 3. The van der Waals surface area contributed by atoms with Crippen LogP contribution in [0, 0.1) is 6.92 Å². The van der Waals surface area contributed by atoms with E-state index >= 15 is 0 Å². The Morgan fingerprint density at radius 1 is 0.778 bits per heavy atom. The lowest BCUT2D eigenvalue weighted by molar-refractivity contribution is -0.246. The smallest absolute Gasteiger partial charge is 0.245 e. The lowest BCUT2D eigenvalue weighted by Crippen LogP contribution is -2.43. The van der Waals surface area contributed by atoms with E-state index in [4.69, 9.17) is 4.18 Å². The van der Waals surface area contributed by atoms with Gasteiger partial charge in [0.05, 0.1) is 4.90 Å². The summed E-state index contributed by atoms with van der Waals surface area (Å²) < 4.78 is 71.3. The molecule has 0 N–H and O–H groups in total. The highest BCUT2D eigenvalue weighted by molar-refractivity contribution is 7.86. The van der Waals surface area contributed by atoms with Gasteiger partial charge < -0.3 is 0 Å². The minimum absolute atomic E-state index is 0.248. The summed E-state index contributed by atoms with van der Waals surface area (Å²) in [6.45, 7) is 8.27. The molecule has 7 heteroatoms. The summed E-state index contributed by atoms with van der Waals surface area (Å²) in [6.07, 6.45) is -4.94. The molecule has 2 aromatic carbocycles. The van der Waals surface area contributed by atoms with Crippen LogP contribution in [0.3, 0.4) is 0 Å². The molecule has 0 aliphatic heterocycles. The third-order valence-corrected chi connectivity index (χ3v) is 5.83. The van der Waals surface area contributed by atoms with E-state index in [-0.39, 0.29) is 15.9 Å². The van der Waals surface area contributed by atoms with Crippen LogP contribution in [0.25, 0.3) is 0 Å². The van der Waals surface area contributed by atoms with Gasteiger partial charge >= 0.3 is 6.18 Å². The molecule has 27 heavy (non-hydrogen) atoms. The van der Waals surface area contributed by atoms with Gasteiger partial charge in [0.15, 0.2) is 0 Å². The molecule has 3 nitrogen and oxygen atoms in total. The Hall–Kier alpha value is -1.86. The van der Waals surface area contributed by atoms with Gasteiger partial charge in [0, 0.05) is 0 Å². The summed E-state index contributed by atoms with van der Waals surface area (Å²) in [5, 5.41) is 0. The van der Waals surface area contributed by atoms with E-state index in [2.05, 4.69) is 0 Å². The van der Waals surface area contributed by atoms with Crippen LogP contribution in [0.15, 0.2) is 53.4 Å². The van der Waals surface area contributed by atoms with Crippen LogP contribution < -0.4 is 0 Å². The van der Waals surface area contributed by atoms with Crippen molar-refractivity contribution in [3.63, 3.8) is 0 Å². The van der Waals surface area contributed by atoms with Crippen LogP contribution in [0.2, 0.25) is 0 Å². The van der Waals surface area contributed by atoms with Crippen LogP contribution in [0.5, 0.6) is 0 Å². The van der Waals surface area contributed by atoms with E-state index in [1.54, 1.807) is 19.1 Å². The number of hydrogen-bond donors (Lipinski definition) is 0. The maximum absolute atomic E-state index is 13.8. The number of aryl methyl sites for hydroxylation is 1. The van der Waals surface area contributed by atoms with Gasteiger partial charge in [-0.1, -0.05) is 62.7 Å². The second-order valence-corrected chi connectivity index (χ2v) is 9.26. The Kier molecular flexibility index (Phi) is 5.52. The van der Waals surface area contributed by atoms with Gasteiger partial charge in [-0.3, -0.25) is 0 Å². The van der Waals surface area contributed by atoms with Crippen molar-refractivity contribution in [3.8, 4) is 0 Å². The van der Waals surface area contributed by atoms with E-state index in [1.807, 2.05) is 20.8 Å². The molecule has 0 fully saturated rings. The lowest BCUT2D eigenvalue weighted by atomic mass is 9.85. The van der Waals surface area contributed by atoms with Crippen molar-refractivity contribution in [3.05, 3.63) is 65.2 Å². The first-order valence-corrected chi connectivity index (χ1v) is 9.78. The molecule has 0 spiro atoms. The highest BCUT2D eigenvalue weighted by atomic mass is 32.2. The normalized spacial score (nSPS) is 15.4. The topological polar surface area (TPSA) is 43.4 Å². The van der Waals surface area contributed by atoms with Crippen LogP contribution in [-0.2, 0) is 25.3 Å². The average molecular weight is 400 g/mol. The van der Waals surface area contributed by atoms with Crippen LogP contribution in [0.4, 0.5) is 13.2 Å². The van der Waals surface area contributed by atoms with Crippen molar-refractivity contribution in [1.82, 2.24) is 0 Å². The van der Waals surface area contributed by atoms with E-state index in [0.29, 0.717) is 0 Å².